The molecule has 0 fully saturated rings. The monoisotopic (exact) mass is 256 g/mol. The number of hydrogen-bond donors (Lipinski definition) is 2. The van der Waals surface area contributed by atoms with Gasteiger partial charge in [-0.25, -0.2) is 4.79 Å². The van der Waals surface area contributed by atoms with E-state index >= 15 is 0 Å². The van der Waals surface area contributed by atoms with E-state index in [0.29, 0.717) is 4.57 Å². The number of carboxylic acid groups (broad SMARTS) is 1. The van der Waals surface area contributed by atoms with Crippen molar-refractivity contribution >= 4 is 11.8 Å². The summed E-state index contributed by atoms with van der Waals surface area (Å²) in [5.41, 5.74) is -2.28. The van der Waals surface area contributed by atoms with Crippen molar-refractivity contribution in [3.63, 3.8) is 0 Å². The zero-order chi connectivity index (χ0) is 14.0. The van der Waals surface area contributed by atoms with E-state index in [1.807, 2.05) is 0 Å². The number of nitrogens with zero attached hydrogens (tertiary/aromatic N) is 2. The number of carboxylic acids is 1. The van der Waals surface area contributed by atoms with E-state index in [0.717, 1.165) is 11.6 Å². The second-order valence-corrected chi connectivity index (χ2v) is 3.72. The van der Waals surface area contributed by atoms with Crippen molar-refractivity contribution < 1.29 is 19.8 Å². The lowest BCUT2D eigenvalue weighted by Gasteiger charge is -2.08. The Hall–Kier alpha value is -2.38. The molecule has 2 N–H and O–H groups in total. The first-order chi connectivity index (χ1) is 8.27. The summed E-state index contributed by atoms with van der Waals surface area (Å²) in [7, 11) is 2.36. The molecule has 1 rings (SSSR count). The standard InChI is InChI=1S/C10H12N2O6/c1-11-8(16)7(5(13)3-4-6(14)15)9(17)12(2)10(11)18/h16H,3-4H2,1-2H3,(H,14,15). The van der Waals surface area contributed by atoms with Gasteiger partial charge in [0.05, 0.1) is 6.42 Å². The fourth-order valence-electron chi connectivity index (χ4n) is 1.42. The van der Waals surface area contributed by atoms with Gasteiger partial charge in [0.1, 0.15) is 5.56 Å². The van der Waals surface area contributed by atoms with Crippen LogP contribution in [0.1, 0.15) is 23.2 Å². The molecule has 0 radical (unpaired) electrons. The third-order valence-corrected chi connectivity index (χ3v) is 2.48. The molecule has 0 aliphatic carbocycles. The Kier molecular flexibility index (Phi) is 3.70. The summed E-state index contributed by atoms with van der Waals surface area (Å²) >= 11 is 0. The quantitative estimate of drug-likeness (QED) is 0.656. The topological polar surface area (TPSA) is 119 Å². The summed E-state index contributed by atoms with van der Waals surface area (Å²) < 4.78 is 1.42. The summed E-state index contributed by atoms with van der Waals surface area (Å²) in [6.45, 7) is 0. The van der Waals surface area contributed by atoms with E-state index in [2.05, 4.69) is 0 Å². The zero-order valence-corrected chi connectivity index (χ0v) is 9.84. The van der Waals surface area contributed by atoms with Crippen LogP contribution in [0.3, 0.4) is 0 Å². The zero-order valence-electron chi connectivity index (χ0n) is 9.84. The predicted molar refractivity (Wildman–Crippen MR) is 59.8 cm³/mol. The molecule has 18 heavy (non-hydrogen) atoms. The Morgan fingerprint density at radius 1 is 1.11 bits per heavy atom. The SMILES string of the molecule is Cn1c(O)c(C(=O)CCC(=O)O)c(=O)n(C)c1=O. The van der Waals surface area contributed by atoms with Crippen LogP contribution >= 0.6 is 0 Å². The molecule has 0 aromatic carbocycles. The van der Waals surface area contributed by atoms with Crippen LogP contribution in [0, 0.1) is 0 Å². The minimum atomic E-state index is -1.19. The summed E-state index contributed by atoms with van der Waals surface area (Å²) in [6.07, 6.45) is -0.874. The Morgan fingerprint density at radius 2 is 1.67 bits per heavy atom. The van der Waals surface area contributed by atoms with Crippen molar-refractivity contribution in [2.24, 2.45) is 14.1 Å². The van der Waals surface area contributed by atoms with Crippen molar-refractivity contribution in [3.8, 4) is 5.88 Å². The van der Waals surface area contributed by atoms with E-state index in [1.54, 1.807) is 0 Å². The summed E-state index contributed by atoms with van der Waals surface area (Å²) in [5, 5.41) is 18.0. The summed E-state index contributed by atoms with van der Waals surface area (Å²) in [5.74, 6) is -2.76. The maximum Gasteiger partial charge on any atom is 0.333 e. The smallest absolute Gasteiger partial charge is 0.333 e. The third-order valence-electron chi connectivity index (χ3n) is 2.48. The molecule has 0 amide bonds. The summed E-state index contributed by atoms with van der Waals surface area (Å²) in [6, 6.07) is 0. The lowest BCUT2D eigenvalue weighted by Crippen LogP contribution is -2.40. The van der Waals surface area contributed by atoms with Gasteiger partial charge in [-0.15, -0.1) is 0 Å². The van der Waals surface area contributed by atoms with E-state index in [-0.39, 0.29) is 0 Å². The van der Waals surface area contributed by atoms with Gasteiger partial charge in [-0.3, -0.25) is 23.5 Å². The molecule has 0 atom stereocenters. The van der Waals surface area contributed by atoms with Crippen LogP contribution in [0.25, 0.3) is 0 Å². The number of rotatable bonds is 4. The maximum atomic E-state index is 11.7. The normalized spacial score (nSPS) is 10.3. The molecule has 98 valence electrons. The van der Waals surface area contributed by atoms with Crippen molar-refractivity contribution in [1.29, 1.82) is 0 Å². The van der Waals surface area contributed by atoms with Gasteiger partial charge in [0.2, 0.25) is 5.88 Å². The first-order valence-corrected chi connectivity index (χ1v) is 5.01. The number of Topliss-reactive ketones (excluding diaryl/α,β-unsaturated/α-hetero) is 1. The molecular weight excluding hydrogens is 244 g/mol. The second-order valence-electron chi connectivity index (χ2n) is 3.72. The van der Waals surface area contributed by atoms with Gasteiger partial charge in [0.25, 0.3) is 5.56 Å². The minimum Gasteiger partial charge on any atom is -0.494 e. The highest BCUT2D eigenvalue weighted by Gasteiger charge is 2.21. The van der Waals surface area contributed by atoms with Crippen LogP contribution in [-0.4, -0.2) is 31.1 Å². The van der Waals surface area contributed by atoms with Gasteiger partial charge < -0.3 is 10.2 Å². The molecule has 0 aliphatic heterocycles. The number of aromatic nitrogens is 2. The second kappa shape index (κ2) is 4.86. The Labute approximate surface area is 101 Å². The molecule has 0 saturated carbocycles. The Bertz CT molecular complexity index is 624. The average molecular weight is 256 g/mol. The minimum absolute atomic E-state index is 0.420. The van der Waals surface area contributed by atoms with Gasteiger partial charge >= 0.3 is 11.7 Å². The van der Waals surface area contributed by atoms with Crippen molar-refractivity contribution in [2.45, 2.75) is 12.8 Å². The van der Waals surface area contributed by atoms with E-state index < -0.39 is 47.3 Å². The highest BCUT2D eigenvalue weighted by atomic mass is 16.4. The molecule has 0 bridgehead atoms. The first-order valence-electron chi connectivity index (χ1n) is 5.01. The molecule has 1 aromatic rings. The van der Waals surface area contributed by atoms with Gasteiger partial charge in [-0.05, 0) is 0 Å². The number of hydrogen-bond acceptors (Lipinski definition) is 5. The predicted octanol–water partition coefficient (Wildman–Crippen LogP) is -1.16. The van der Waals surface area contributed by atoms with Crippen LogP contribution in [0.15, 0.2) is 9.59 Å². The maximum absolute atomic E-state index is 11.7. The van der Waals surface area contributed by atoms with Gasteiger partial charge in [0.15, 0.2) is 5.78 Å². The number of aromatic hydroxyl groups is 1. The molecule has 8 nitrogen and oxygen atoms in total. The van der Waals surface area contributed by atoms with Gasteiger partial charge in [-0.2, -0.15) is 0 Å². The number of carbonyl (C=O) groups is 2. The highest BCUT2D eigenvalue weighted by molar-refractivity contribution is 5.98. The van der Waals surface area contributed by atoms with Crippen LogP contribution in [0.4, 0.5) is 0 Å². The van der Waals surface area contributed by atoms with Gasteiger partial charge in [0, 0.05) is 20.5 Å². The Balaban J connectivity index is 3.34. The number of aliphatic carboxylic acids is 1. The van der Waals surface area contributed by atoms with Crippen molar-refractivity contribution in [1.82, 2.24) is 9.13 Å². The fraction of sp³-hybridized carbons (Fsp3) is 0.400. The molecular formula is C10H12N2O6. The first kappa shape index (κ1) is 13.7. The molecule has 1 heterocycles. The molecule has 0 spiro atoms. The van der Waals surface area contributed by atoms with Crippen molar-refractivity contribution in [2.75, 3.05) is 0 Å². The van der Waals surface area contributed by atoms with Crippen LogP contribution in [0.2, 0.25) is 0 Å². The average Bonchev–Trinajstić information content (AvgIpc) is 2.31. The van der Waals surface area contributed by atoms with Crippen LogP contribution < -0.4 is 11.2 Å². The lowest BCUT2D eigenvalue weighted by atomic mass is 10.1. The number of carbonyl (C=O) groups excluding carboxylic acids is 1. The number of ketones is 1. The molecule has 0 aliphatic rings. The molecule has 0 saturated heterocycles. The van der Waals surface area contributed by atoms with Crippen LogP contribution in [0.5, 0.6) is 5.88 Å². The largest absolute Gasteiger partial charge is 0.494 e. The molecule has 8 heteroatoms. The highest BCUT2D eigenvalue weighted by Crippen LogP contribution is 2.12. The summed E-state index contributed by atoms with van der Waals surface area (Å²) in [4.78, 5) is 45.1. The fourth-order valence-corrected chi connectivity index (χ4v) is 1.42. The lowest BCUT2D eigenvalue weighted by molar-refractivity contribution is -0.136. The molecule has 0 unspecified atom stereocenters. The van der Waals surface area contributed by atoms with Crippen LogP contribution in [-0.2, 0) is 18.9 Å². The van der Waals surface area contributed by atoms with E-state index in [4.69, 9.17) is 5.11 Å². The third kappa shape index (κ3) is 2.31. The van der Waals surface area contributed by atoms with E-state index in [1.165, 1.54) is 7.05 Å². The van der Waals surface area contributed by atoms with Crippen molar-refractivity contribution in [3.05, 3.63) is 26.4 Å². The Morgan fingerprint density at radius 3 is 2.17 bits per heavy atom. The molecule has 1 aromatic heterocycles. The van der Waals surface area contributed by atoms with Gasteiger partial charge in [-0.1, -0.05) is 0 Å². The van der Waals surface area contributed by atoms with E-state index in [9.17, 15) is 24.3 Å².